The van der Waals surface area contributed by atoms with Gasteiger partial charge in [0, 0.05) is 12.2 Å². The Morgan fingerprint density at radius 3 is 2.60 bits per heavy atom. The maximum Gasteiger partial charge on any atom is 0.0406 e. The van der Waals surface area contributed by atoms with Gasteiger partial charge in [-0.1, -0.05) is 49.6 Å². The molecule has 1 aromatic carbocycles. The summed E-state index contributed by atoms with van der Waals surface area (Å²) in [7, 11) is 0. The second-order valence-electron chi connectivity index (χ2n) is 3.52. The van der Waals surface area contributed by atoms with Crippen LogP contribution in [-0.2, 0) is 6.54 Å². The molecule has 1 N–H and O–H groups in total. The maximum atomic E-state index is 3.96. The van der Waals surface area contributed by atoms with E-state index in [2.05, 4.69) is 37.2 Å². The standard InChI is InChI=1S/C14H17N/c1-5-12(4)15-10-13-8-6-7-9-14(13)11(2)3/h5-9,15H,1-2,4,10H2,3H3. The molecule has 1 nitrogen and oxygen atoms in total. The Bertz CT molecular complexity index is 388. The summed E-state index contributed by atoms with van der Waals surface area (Å²) in [6, 6.07) is 8.22. The van der Waals surface area contributed by atoms with E-state index in [9.17, 15) is 0 Å². The fourth-order valence-corrected chi connectivity index (χ4v) is 1.37. The molecule has 0 heterocycles. The second kappa shape index (κ2) is 5.20. The zero-order valence-corrected chi connectivity index (χ0v) is 9.22. The average molecular weight is 199 g/mol. The largest absolute Gasteiger partial charge is 0.381 e. The Morgan fingerprint density at radius 1 is 1.33 bits per heavy atom. The smallest absolute Gasteiger partial charge is 0.0406 e. The zero-order chi connectivity index (χ0) is 11.3. The Balaban J connectivity index is 2.80. The molecule has 1 heteroatoms. The van der Waals surface area contributed by atoms with Crippen molar-refractivity contribution in [2.24, 2.45) is 0 Å². The highest BCUT2D eigenvalue weighted by Crippen LogP contribution is 2.16. The number of rotatable bonds is 5. The monoisotopic (exact) mass is 199 g/mol. The molecular formula is C14H17N. The van der Waals surface area contributed by atoms with Gasteiger partial charge in [0.1, 0.15) is 0 Å². The lowest BCUT2D eigenvalue weighted by molar-refractivity contribution is 0.835. The molecule has 0 aliphatic carbocycles. The van der Waals surface area contributed by atoms with Crippen LogP contribution < -0.4 is 5.32 Å². The van der Waals surface area contributed by atoms with Gasteiger partial charge in [-0.05, 0) is 24.1 Å². The minimum absolute atomic E-state index is 0.758. The molecule has 0 aliphatic heterocycles. The molecule has 0 fully saturated rings. The van der Waals surface area contributed by atoms with Crippen molar-refractivity contribution in [2.75, 3.05) is 0 Å². The molecule has 0 radical (unpaired) electrons. The van der Waals surface area contributed by atoms with E-state index in [1.54, 1.807) is 6.08 Å². The van der Waals surface area contributed by atoms with Crippen LogP contribution in [0.2, 0.25) is 0 Å². The van der Waals surface area contributed by atoms with Crippen LogP contribution in [0.4, 0.5) is 0 Å². The van der Waals surface area contributed by atoms with Crippen LogP contribution in [0, 0.1) is 0 Å². The Labute approximate surface area is 91.8 Å². The fraction of sp³-hybridized carbons (Fsp3) is 0.143. The van der Waals surface area contributed by atoms with Gasteiger partial charge in [0.25, 0.3) is 0 Å². The molecule has 0 amide bonds. The molecule has 0 bridgehead atoms. The van der Waals surface area contributed by atoms with Gasteiger partial charge in [0.2, 0.25) is 0 Å². The van der Waals surface area contributed by atoms with Crippen molar-refractivity contribution in [2.45, 2.75) is 13.5 Å². The minimum atomic E-state index is 0.758. The molecular weight excluding hydrogens is 182 g/mol. The lowest BCUT2D eigenvalue weighted by atomic mass is 10.0. The van der Waals surface area contributed by atoms with Gasteiger partial charge in [-0.3, -0.25) is 0 Å². The van der Waals surface area contributed by atoms with Crippen LogP contribution in [0.1, 0.15) is 18.1 Å². The summed E-state index contributed by atoms with van der Waals surface area (Å²) < 4.78 is 0. The number of hydrogen-bond donors (Lipinski definition) is 1. The molecule has 0 aromatic heterocycles. The summed E-state index contributed by atoms with van der Waals surface area (Å²) in [5, 5.41) is 3.19. The van der Waals surface area contributed by atoms with Gasteiger partial charge >= 0.3 is 0 Å². The molecule has 78 valence electrons. The van der Waals surface area contributed by atoms with E-state index >= 15 is 0 Å². The van der Waals surface area contributed by atoms with Gasteiger partial charge in [-0.2, -0.15) is 0 Å². The van der Waals surface area contributed by atoms with Crippen molar-refractivity contribution in [1.29, 1.82) is 0 Å². The van der Waals surface area contributed by atoms with Crippen molar-refractivity contribution >= 4 is 5.57 Å². The van der Waals surface area contributed by atoms with Crippen LogP contribution in [0.5, 0.6) is 0 Å². The topological polar surface area (TPSA) is 12.0 Å². The van der Waals surface area contributed by atoms with Gasteiger partial charge in [-0.15, -0.1) is 0 Å². The molecule has 0 atom stereocenters. The zero-order valence-electron chi connectivity index (χ0n) is 9.22. The van der Waals surface area contributed by atoms with E-state index in [0.29, 0.717) is 0 Å². The van der Waals surface area contributed by atoms with Crippen LogP contribution in [0.3, 0.4) is 0 Å². The molecule has 0 aliphatic rings. The third-order valence-electron chi connectivity index (χ3n) is 2.23. The minimum Gasteiger partial charge on any atom is -0.381 e. The van der Waals surface area contributed by atoms with Crippen molar-refractivity contribution < 1.29 is 0 Å². The highest BCUT2D eigenvalue weighted by molar-refractivity contribution is 5.64. The quantitative estimate of drug-likeness (QED) is 0.715. The van der Waals surface area contributed by atoms with Crippen molar-refractivity contribution in [3.05, 3.63) is 66.9 Å². The Kier molecular flexibility index (Phi) is 3.92. The first-order valence-corrected chi connectivity index (χ1v) is 4.94. The van der Waals surface area contributed by atoms with Crippen LogP contribution in [0.25, 0.3) is 5.57 Å². The number of benzene rings is 1. The average Bonchev–Trinajstić information content (AvgIpc) is 2.26. The van der Waals surface area contributed by atoms with Crippen LogP contribution >= 0.6 is 0 Å². The van der Waals surface area contributed by atoms with E-state index in [1.165, 1.54) is 11.1 Å². The summed E-state index contributed by atoms with van der Waals surface area (Å²) in [5.41, 5.74) is 4.35. The van der Waals surface area contributed by atoms with E-state index in [-0.39, 0.29) is 0 Å². The predicted molar refractivity (Wildman–Crippen MR) is 67.3 cm³/mol. The Morgan fingerprint density at radius 2 is 2.00 bits per heavy atom. The number of allylic oxidation sites excluding steroid dienone is 2. The van der Waals surface area contributed by atoms with E-state index < -0.39 is 0 Å². The molecule has 0 saturated carbocycles. The van der Waals surface area contributed by atoms with Crippen LogP contribution in [-0.4, -0.2) is 0 Å². The third-order valence-corrected chi connectivity index (χ3v) is 2.23. The van der Waals surface area contributed by atoms with Crippen molar-refractivity contribution in [3.8, 4) is 0 Å². The molecule has 0 spiro atoms. The second-order valence-corrected chi connectivity index (χ2v) is 3.52. The summed E-state index contributed by atoms with van der Waals surface area (Å²) in [6.45, 7) is 14.2. The predicted octanol–water partition coefficient (Wildman–Crippen LogP) is 3.51. The van der Waals surface area contributed by atoms with E-state index in [4.69, 9.17) is 0 Å². The molecule has 0 unspecified atom stereocenters. The van der Waals surface area contributed by atoms with Gasteiger partial charge in [0.15, 0.2) is 0 Å². The first-order valence-electron chi connectivity index (χ1n) is 4.94. The summed E-state index contributed by atoms with van der Waals surface area (Å²) in [4.78, 5) is 0. The highest BCUT2D eigenvalue weighted by atomic mass is 14.9. The Hall–Kier alpha value is -1.76. The van der Waals surface area contributed by atoms with E-state index in [1.807, 2.05) is 19.1 Å². The van der Waals surface area contributed by atoms with Crippen molar-refractivity contribution in [3.63, 3.8) is 0 Å². The van der Waals surface area contributed by atoms with Crippen molar-refractivity contribution in [1.82, 2.24) is 5.32 Å². The van der Waals surface area contributed by atoms with Gasteiger partial charge in [-0.25, -0.2) is 0 Å². The van der Waals surface area contributed by atoms with Crippen LogP contribution in [0.15, 0.2) is 55.8 Å². The van der Waals surface area contributed by atoms with Gasteiger partial charge < -0.3 is 5.32 Å². The third kappa shape index (κ3) is 3.13. The normalized spacial score (nSPS) is 9.40. The summed E-state index contributed by atoms with van der Waals surface area (Å²) in [5.74, 6) is 0. The first kappa shape index (κ1) is 11.3. The first-order chi connectivity index (χ1) is 7.15. The lowest BCUT2D eigenvalue weighted by Crippen LogP contribution is -2.11. The molecule has 0 saturated heterocycles. The lowest BCUT2D eigenvalue weighted by Gasteiger charge is -2.10. The van der Waals surface area contributed by atoms with Gasteiger partial charge in [0.05, 0.1) is 0 Å². The molecule has 15 heavy (non-hydrogen) atoms. The maximum absolute atomic E-state index is 3.96. The molecule has 1 rings (SSSR count). The molecule has 1 aromatic rings. The SMILES string of the molecule is C=CC(=C)NCc1ccccc1C(=C)C. The van der Waals surface area contributed by atoms with E-state index in [0.717, 1.165) is 17.8 Å². The number of hydrogen-bond acceptors (Lipinski definition) is 1. The summed E-state index contributed by atoms with van der Waals surface area (Å²) >= 11 is 0. The number of nitrogens with one attached hydrogen (secondary N) is 1. The highest BCUT2D eigenvalue weighted by Gasteiger charge is 2.01. The fourth-order valence-electron chi connectivity index (χ4n) is 1.37. The summed E-state index contributed by atoms with van der Waals surface area (Å²) in [6.07, 6.45) is 1.71.